The van der Waals surface area contributed by atoms with Crippen molar-refractivity contribution in [1.29, 1.82) is 0 Å². The van der Waals surface area contributed by atoms with Gasteiger partial charge < -0.3 is 19.5 Å². The summed E-state index contributed by atoms with van der Waals surface area (Å²) in [6.45, 7) is 0.126. The van der Waals surface area contributed by atoms with Crippen molar-refractivity contribution in [3.63, 3.8) is 0 Å². The number of aryl methyl sites for hydroxylation is 1. The monoisotopic (exact) mass is 373 g/mol. The molecule has 4 rings (SSSR count). The Hall–Kier alpha value is -2.54. The van der Waals surface area contributed by atoms with Crippen LogP contribution in [0.25, 0.3) is 0 Å². The maximum Gasteiger partial charge on any atom is 0.341 e. The lowest BCUT2D eigenvalue weighted by molar-refractivity contribution is -0.125. The molecule has 1 amide bonds. The lowest BCUT2D eigenvalue weighted by atomic mass is 9.95. The van der Waals surface area contributed by atoms with E-state index in [1.165, 1.54) is 18.4 Å². The summed E-state index contributed by atoms with van der Waals surface area (Å²) in [6, 6.07) is 7.23. The lowest BCUT2D eigenvalue weighted by Crippen LogP contribution is -2.40. The van der Waals surface area contributed by atoms with Crippen molar-refractivity contribution >= 4 is 28.2 Å². The molecule has 0 saturated carbocycles. The van der Waals surface area contributed by atoms with Crippen LogP contribution in [0.3, 0.4) is 0 Å². The molecule has 0 saturated heterocycles. The summed E-state index contributed by atoms with van der Waals surface area (Å²) >= 11 is 1.45. The molecule has 26 heavy (non-hydrogen) atoms. The predicted molar refractivity (Wildman–Crippen MR) is 97.3 cm³/mol. The third kappa shape index (κ3) is 3.03. The quantitative estimate of drug-likeness (QED) is 0.837. The van der Waals surface area contributed by atoms with E-state index in [2.05, 4.69) is 5.32 Å². The summed E-state index contributed by atoms with van der Waals surface area (Å²) in [7, 11) is 1.36. The molecule has 0 spiro atoms. The Morgan fingerprint density at radius 2 is 1.96 bits per heavy atom. The number of hydrogen-bond donors (Lipinski definition) is 1. The summed E-state index contributed by atoms with van der Waals surface area (Å²) in [5.41, 5.74) is 1.49. The van der Waals surface area contributed by atoms with E-state index in [0.717, 1.165) is 36.1 Å². The van der Waals surface area contributed by atoms with Crippen LogP contribution in [0, 0.1) is 0 Å². The molecule has 1 aliphatic heterocycles. The fourth-order valence-corrected chi connectivity index (χ4v) is 4.59. The fraction of sp³-hybridized carbons (Fsp3) is 0.368. The van der Waals surface area contributed by atoms with Gasteiger partial charge in [-0.15, -0.1) is 11.3 Å². The SMILES string of the molecule is COC(=O)c1c(NC(=O)[C@H]2COc3ccccc3O2)sc2c1CCCC2. The van der Waals surface area contributed by atoms with Gasteiger partial charge in [-0.2, -0.15) is 0 Å². The molecule has 1 aromatic heterocycles. The van der Waals surface area contributed by atoms with E-state index in [1.54, 1.807) is 12.1 Å². The number of benzene rings is 1. The van der Waals surface area contributed by atoms with Gasteiger partial charge in [-0.25, -0.2) is 4.79 Å². The summed E-state index contributed by atoms with van der Waals surface area (Å²) in [5.74, 6) is 0.421. The van der Waals surface area contributed by atoms with Crippen LogP contribution in [-0.4, -0.2) is 31.7 Å². The molecule has 1 aliphatic carbocycles. The van der Waals surface area contributed by atoms with Gasteiger partial charge in [0, 0.05) is 4.88 Å². The van der Waals surface area contributed by atoms with Gasteiger partial charge in [0.15, 0.2) is 11.5 Å². The average Bonchev–Trinajstić information content (AvgIpc) is 3.04. The minimum atomic E-state index is -0.769. The molecule has 1 aromatic carbocycles. The van der Waals surface area contributed by atoms with Gasteiger partial charge in [-0.3, -0.25) is 4.79 Å². The number of amides is 1. The van der Waals surface area contributed by atoms with Crippen LogP contribution in [0.5, 0.6) is 11.5 Å². The van der Waals surface area contributed by atoms with Crippen LogP contribution in [0.2, 0.25) is 0 Å². The van der Waals surface area contributed by atoms with Crippen molar-refractivity contribution in [2.45, 2.75) is 31.8 Å². The van der Waals surface area contributed by atoms with Gasteiger partial charge in [0.1, 0.15) is 11.6 Å². The first kappa shape index (κ1) is 16.9. The first-order chi connectivity index (χ1) is 12.7. The summed E-state index contributed by atoms with van der Waals surface area (Å²) in [5, 5.41) is 3.40. The number of carbonyl (C=O) groups is 2. The van der Waals surface area contributed by atoms with Crippen LogP contribution in [0.15, 0.2) is 24.3 Å². The Kier molecular flexibility index (Phi) is 4.55. The number of thiophene rings is 1. The number of anilines is 1. The van der Waals surface area contributed by atoms with Crippen molar-refractivity contribution in [1.82, 2.24) is 0 Å². The van der Waals surface area contributed by atoms with Crippen molar-refractivity contribution in [3.05, 3.63) is 40.3 Å². The maximum atomic E-state index is 12.7. The Morgan fingerprint density at radius 1 is 1.19 bits per heavy atom. The van der Waals surface area contributed by atoms with E-state index in [0.29, 0.717) is 22.1 Å². The molecular formula is C19H19NO5S. The number of methoxy groups -OCH3 is 1. The largest absolute Gasteiger partial charge is 0.485 e. The molecule has 0 fully saturated rings. The van der Waals surface area contributed by atoms with Gasteiger partial charge >= 0.3 is 5.97 Å². The molecule has 136 valence electrons. The molecule has 1 N–H and O–H groups in total. The number of ether oxygens (including phenoxy) is 3. The van der Waals surface area contributed by atoms with Gasteiger partial charge in [0.25, 0.3) is 5.91 Å². The Labute approximate surface area is 155 Å². The highest BCUT2D eigenvalue weighted by Crippen LogP contribution is 2.39. The second-order valence-corrected chi connectivity index (χ2v) is 7.37. The average molecular weight is 373 g/mol. The number of rotatable bonds is 3. The highest BCUT2D eigenvalue weighted by molar-refractivity contribution is 7.17. The van der Waals surface area contributed by atoms with E-state index in [-0.39, 0.29) is 12.5 Å². The molecule has 0 radical (unpaired) electrons. The summed E-state index contributed by atoms with van der Waals surface area (Å²) in [4.78, 5) is 26.1. The van der Waals surface area contributed by atoms with E-state index < -0.39 is 12.1 Å². The highest BCUT2D eigenvalue weighted by Gasteiger charge is 2.31. The maximum absolute atomic E-state index is 12.7. The van der Waals surface area contributed by atoms with E-state index in [4.69, 9.17) is 14.2 Å². The molecule has 2 aromatic rings. The van der Waals surface area contributed by atoms with E-state index in [1.807, 2.05) is 12.1 Å². The summed E-state index contributed by atoms with van der Waals surface area (Å²) in [6.07, 6.45) is 3.13. The molecule has 7 heteroatoms. The molecule has 1 atom stereocenters. The third-order valence-corrected chi connectivity index (χ3v) is 5.81. The minimum Gasteiger partial charge on any atom is -0.485 e. The third-order valence-electron chi connectivity index (χ3n) is 4.60. The second-order valence-electron chi connectivity index (χ2n) is 6.26. The Bertz CT molecular complexity index is 860. The highest BCUT2D eigenvalue weighted by atomic mass is 32.1. The predicted octanol–water partition coefficient (Wildman–Crippen LogP) is 3.19. The van der Waals surface area contributed by atoms with Crippen molar-refractivity contribution in [2.75, 3.05) is 19.0 Å². The smallest absolute Gasteiger partial charge is 0.341 e. The number of nitrogens with one attached hydrogen (secondary N) is 1. The Balaban J connectivity index is 1.57. The number of esters is 1. The number of para-hydroxylation sites is 2. The molecule has 2 aliphatic rings. The molecule has 6 nitrogen and oxygen atoms in total. The lowest BCUT2D eigenvalue weighted by Gasteiger charge is -2.25. The van der Waals surface area contributed by atoms with Crippen LogP contribution in [0.1, 0.15) is 33.6 Å². The second kappa shape index (κ2) is 6.99. The van der Waals surface area contributed by atoms with Gasteiger partial charge in [-0.1, -0.05) is 12.1 Å². The fourth-order valence-electron chi connectivity index (χ4n) is 3.31. The van der Waals surface area contributed by atoms with Gasteiger partial charge in [0.2, 0.25) is 6.10 Å². The van der Waals surface area contributed by atoms with Crippen molar-refractivity contribution in [2.24, 2.45) is 0 Å². The summed E-state index contributed by atoms with van der Waals surface area (Å²) < 4.78 is 16.3. The number of fused-ring (bicyclic) bond motifs is 2. The van der Waals surface area contributed by atoms with Gasteiger partial charge in [-0.05, 0) is 43.4 Å². The molecular weight excluding hydrogens is 354 g/mol. The first-order valence-electron chi connectivity index (χ1n) is 8.59. The van der Waals surface area contributed by atoms with Crippen LogP contribution in [-0.2, 0) is 22.4 Å². The zero-order valence-corrected chi connectivity index (χ0v) is 15.2. The topological polar surface area (TPSA) is 73.9 Å². The van der Waals surface area contributed by atoms with Gasteiger partial charge in [0.05, 0.1) is 12.7 Å². The molecule has 0 bridgehead atoms. The first-order valence-corrected chi connectivity index (χ1v) is 9.41. The zero-order valence-electron chi connectivity index (χ0n) is 14.4. The number of hydrogen-bond acceptors (Lipinski definition) is 6. The normalized spacial score (nSPS) is 18.0. The van der Waals surface area contributed by atoms with E-state index in [9.17, 15) is 9.59 Å². The van der Waals surface area contributed by atoms with Crippen LogP contribution >= 0.6 is 11.3 Å². The molecule has 2 heterocycles. The number of carbonyl (C=O) groups excluding carboxylic acids is 2. The molecule has 0 unspecified atom stereocenters. The standard InChI is InChI=1S/C19H19NO5S/c1-23-19(22)16-11-6-2-5-9-15(11)26-18(16)20-17(21)14-10-24-12-7-3-4-8-13(12)25-14/h3-4,7-8,14H,2,5-6,9-10H2,1H3,(H,20,21)/t14-/m1/s1. The van der Waals surface area contributed by atoms with E-state index >= 15 is 0 Å². The zero-order chi connectivity index (χ0) is 18.1. The Morgan fingerprint density at radius 3 is 2.77 bits per heavy atom. The van der Waals surface area contributed by atoms with Crippen molar-refractivity contribution in [3.8, 4) is 11.5 Å². The van der Waals surface area contributed by atoms with Crippen molar-refractivity contribution < 1.29 is 23.8 Å². The minimum absolute atomic E-state index is 0.126. The van der Waals surface area contributed by atoms with Crippen LogP contribution in [0.4, 0.5) is 5.00 Å². The van der Waals surface area contributed by atoms with Crippen LogP contribution < -0.4 is 14.8 Å².